The summed E-state index contributed by atoms with van der Waals surface area (Å²) < 4.78 is 12.7. The summed E-state index contributed by atoms with van der Waals surface area (Å²) in [6.07, 6.45) is 5.09. The fraction of sp³-hybridized carbons (Fsp3) is 0.300. The molecule has 2 bridgehead atoms. The summed E-state index contributed by atoms with van der Waals surface area (Å²) >= 11 is 0. The van der Waals surface area contributed by atoms with Crippen LogP contribution < -0.4 is 0 Å². The van der Waals surface area contributed by atoms with Crippen LogP contribution >= 0.6 is 0 Å². The highest BCUT2D eigenvalue weighted by atomic mass is 16.5. The summed E-state index contributed by atoms with van der Waals surface area (Å²) in [5, 5.41) is 0. The minimum atomic E-state index is 0.122. The van der Waals surface area contributed by atoms with Crippen LogP contribution in [0, 0.1) is 11.8 Å². The molecule has 0 spiro atoms. The number of hydrogen-bond acceptors (Lipinski definition) is 2. The van der Waals surface area contributed by atoms with Crippen LogP contribution in [0.1, 0.15) is 23.3 Å². The molecule has 3 aliphatic rings. The van der Waals surface area contributed by atoms with E-state index >= 15 is 0 Å². The maximum Gasteiger partial charge on any atom is 0.0894 e. The fourth-order valence-corrected chi connectivity index (χ4v) is 4.34. The Morgan fingerprint density at radius 2 is 1.00 bits per heavy atom. The van der Waals surface area contributed by atoms with E-state index in [0.29, 0.717) is 11.8 Å². The molecule has 6 atom stereocenters. The van der Waals surface area contributed by atoms with Gasteiger partial charge in [-0.05, 0) is 11.1 Å². The Morgan fingerprint density at radius 1 is 0.545 bits per heavy atom. The molecule has 2 heteroatoms. The van der Waals surface area contributed by atoms with Crippen LogP contribution in [-0.4, -0.2) is 12.2 Å². The van der Waals surface area contributed by atoms with Crippen LogP contribution in [0.2, 0.25) is 0 Å². The Bertz CT molecular complexity index is 635. The maximum atomic E-state index is 6.56. The molecule has 2 aromatic rings. The Balaban J connectivity index is 1.57. The Morgan fingerprint density at radius 3 is 1.45 bits per heavy atom. The van der Waals surface area contributed by atoms with Gasteiger partial charge in [0.2, 0.25) is 0 Å². The molecule has 5 rings (SSSR count). The van der Waals surface area contributed by atoms with Crippen molar-refractivity contribution in [2.24, 2.45) is 11.8 Å². The molecule has 22 heavy (non-hydrogen) atoms. The molecule has 0 N–H and O–H groups in total. The SMILES string of the molecule is C1=C[C@H]2O[C@@H]1[C@H]1[C@@H]2[C@@H](c2ccccc2)O[C@@H]1c1ccccc1. The number of benzene rings is 2. The summed E-state index contributed by atoms with van der Waals surface area (Å²) in [5.41, 5.74) is 2.53. The summed E-state index contributed by atoms with van der Waals surface area (Å²) in [7, 11) is 0. The predicted molar refractivity (Wildman–Crippen MR) is 84.2 cm³/mol. The average Bonchev–Trinajstić information content (AvgIpc) is 3.29. The van der Waals surface area contributed by atoms with Gasteiger partial charge >= 0.3 is 0 Å². The quantitative estimate of drug-likeness (QED) is 0.776. The third kappa shape index (κ3) is 1.74. The Kier molecular flexibility index (Phi) is 2.76. The van der Waals surface area contributed by atoms with Crippen LogP contribution in [-0.2, 0) is 9.47 Å². The molecule has 0 amide bonds. The van der Waals surface area contributed by atoms with Crippen molar-refractivity contribution in [1.82, 2.24) is 0 Å². The van der Waals surface area contributed by atoms with E-state index in [2.05, 4.69) is 72.8 Å². The van der Waals surface area contributed by atoms with Crippen LogP contribution in [0.5, 0.6) is 0 Å². The van der Waals surface area contributed by atoms with Crippen LogP contribution in [0.25, 0.3) is 0 Å². The largest absolute Gasteiger partial charge is 0.366 e. The first-order valence-corrected chi connectivity index (χ1v) is 8.01. The molecule has 110 valence electrons. The van der Waals surface area contributed by atoms with Gasteiger partial charge < -0.3 is 9.47 Å². The normalized spacial score (nSPS) is 38.4. The van der Waals surface area contributed by atoms with Gasteiger partial charge in [-0.15, -0.1) is 0 Å². The second kappa shape index (κ2) is 4.80. The van der Waals surface area contributed by atoms with Gasteiger partial charge in [-0.1, -0.05) is 72.8 Å². The first kappa shape index (κ1) is 12.6. The van der Waals surface area contributed by atoms with Gasteiger partial charge in [0.05, 0.1) is 24.4 Å². The zero-order valence-electron chi connectivity index (χ0n) is 12.2. The van der Waals surface area contributed by atoms with Crippen molar-refractivity contribution in [2.45, 2.75) is 24.4 Å². The highest BCUT2D eigenvalue weighted by molar-refractivity contribution is 5.30. The molecule has 0 unspecified atom stereocenters. The van der Waals surface area contributed by atoms with Gasteiger partial charge in [-0.3, -0.25) is 0 Å². The van der Waals surface area contributed by atoms with E-state index in [4.69, 9.17) is 9.47 Å². The van der Waals surface area contributed by atoms with Crippen LogP contribution in [0.15, 0.2) is 72.8 Å². The highest BCUT2D eigenvalue weighted by Crippen LogP contribution is 2.58. The summed E-state index contributed by atoms with van der Waals surface area (Å²) in [6.45, 7) is 0. The molecule has 2 saturated heterocycles. The lowest BCUT2D eigenvalue weighted by atomic mass is 9.76. The van der Waals surface area contributed by atoms with E-state index < -0.39 is 0 Å². The molecule has 2 nitrogen and oxygen atoms in total. The molecule has 0 saturated carbocycles. The minimum Gasteiger partial charge on any atom is -0.366 e. The first-order chi connectivity index (χ1) is 10.9. The van der Waals surface area contributed by atoms with E-state index in [1.54, 1.807) is 0 Å². The zero-order valence-corrected chi connectivity index (χ0v) is 12.2. The summed E-state index contributed by atoms with van der Waals surface area (Å²) in [4.78, 5) is 0. The molecular formula is C20H18O2. The third-order valence-electron chi connectivity index (χ3n) is 5.26. The van der Waals surface area contributed by atoms with Crippen molar-refractivity contribution in [3.05, 3.63) is 83.9 Å². The molecule has 3 heterocycles. The van der Waals surface area contributed by atoms with Gasteiger partial charge in [-0.2, -0.15) is 0 Å². The van der Waals surface area contributed by atoms with Crippen molar-refractivity contribution >= 4 is 0 Å². The van der Waals surface area contributed by atoms with Crippen molar-refractivity contribution in [2.75, 3.05) is 0 Å². The second-order valence-corrected chi connectivity index (χ2v) is 6.40. The van der Waals surface area contributed by atoms with Crippen molar-refractivity contribution in [3.8, 4) is 0 Å². The second-order valence-electron chi connectivity index (χ2n) is 6.40. The average molecular weight is 290 g/mol. The Labute approximate surface area is 130 Å². The monoisotopic (exact) mass is 290 g/mol. The van der Waals surface area contributed by atoms with E-state index in [1.807, 2.05) is 0 Å². The first-order valence-electron chi connectivity index (χ1n) is 8.01. The van der Waals surface area contributed by atoms with Gasteiger partial charge in [0.1, 0.15) is 0 Å². The molecule has 0 radical (unpaired) electrons. The van der Waals surface area contributed by atoms with E-state index in [-0.39, 0.29) is 24.4 Å². The molecule has 2 aromatic carbocycles. The van der Waals surface area contributed by atoms with Gasteiger partial charge in [-0.25, -0.2) is 0 Å². The van der Waals surface area contributed by atoms with Crippen molar-refractivity contribution in [1.29, 1.82) is 0 Å². The van der Waals surface area contributed by atoms with Crippen molar-refractivity contribution in [3.63, 3.8) is 0 Å². The lowest BCUT2D eigenvalue weighted by Crippen LogP contribution is -2.25. The van der Waals surface area contributed by atoms with Gasteiger partial charge in [0.15, 0.2) is 0 Å². The standard InChI is InChI=1S/C20H18O2/c1-3-7-13(8-4-1)19-17-15-11-12-16(21-15)18(17)20(22-19)14-9-5-2-6-10-14/h1-12,15-20H/t15-,16+,17-,18+,19-,20-/m1/s1. The van der Waals surface area contributed by atoms with Gasteiger partial charge in [0, 0.05) is 11.8 Å². The molecule has 0 aliphatic carbocycles. The van der Waals surface area contributed by atoms with E-state index in [9.17, 15) is 0 Å². The van der Waals surface area contributed by atoms with E-state index in [0.717, 1.165) is 0 Å². The molecule has 2 fully saturated rings. The predicted octanol–water partition coefficient (Wildman–Crippen LogP) is 4.07. The third-order valence-corrected chi connectivity index (χ3v) is 5.26. The van der Waals surface area contributed by atoms with E-state index in [1.165, 1.54) is 11.1 Å². The lowest BCUT2D eigenvalue weighted by Gasteiger charge is -2.22. The number of ether oxygens (including phenoxy) is 2. The highest BCUT2D eigenvalue weighted by Gasteiger charge is 2.58. The zero-order chi connectivity index (χ0) is 14.5. The Hall–Kier alpha value is -1.90. The topological polar surface area (TPSA) is 18.5 Å². The van der Waals surface area contributed by atoms with Gasteiger partial charge in [0.25, 0.3) is 0 Å². The van der Waals surface area contributed by atoms with Crippen LogP contribution in [0.3, 0.4) is 0 Å². The fourth-order valence-electron chi connectivity index (χ4n) is 4.34. The van der Waals surface area contributed by atoms with Crippen molar-refractivity contribution < 1.29 is 9.47 Å². The molecular weight excluding hydrogens is 272 g/mol. The summed E-state index contributed by atoms with van der Waals surface area (Å²) in [5.74, 6) is 0.838. The summed E-state index contributed by atoms with van der Waals surface area (Å²) in [6, 6.07) is 21.2. The minimum absolute atomic E-state index is 0.122. The lowest BCUT2D eigenvalue weighted by molar-refractivity contribution is -0.0240. The van der Waals surface area contributed by atoms with Crippen LogP contribution in [0.4, 0.5) is 0 Å². The smallest absolute Gasteiger partial charge is 0.0894 e. The number of fused-ring (bicyclic) bond motifs is 5. The molecule has 0 aromatic heterocycles. The molecule has 3 aliphatic heterocycles. The number of hydrogen-bond donors (Lipinski definition) is 0. The number of rotatable bonds is 2. The maximum absolute atomic E-state index is 6.56.